The molecule has 0 saturated heterocycles. The van der Waals surface area contributed by atoms with Crippen molar-refractivity contribution in [3.05, 3.63) is 77.0 Å². The van der Waals surface area contributed by atoms with Crippen LogP contribution in [0, 0.1) is 0 Å². The Balaban J connectivity index is 1.72. The van der Waals surface area contributed by atoms with Gasteiger partial charge in [0.1, 0.15) is 10.6 Å². The van der Waals surface area contributed by atoms with Crippen molar-refractivity contribution in [1.82, 2.24) is 4.98 Å². The maximum Gasteiger partial charge on any atom is 0.265 e. The number of nitrogens with one attached hydrogen (secondary N) is 1. The van der Waals surface area contributed by atoms with Crippen molar-refractivity contribution >= 4 is 43.4 Å². The maximum atomic E-state index is 12.8. The molecule has 0 fully saturated rings. The highest BCUT2D eigenvalue weighted by molar-refractivity contribution is 9.10. The van der Waals surface area contributed by atoms with Gasteiger partial charge in [0.05, 0.1) is 6.61 Å². The van der Waals surface area contributed by atoms with E-state index in [9.17, 15) is 8.42 Å². The molecule has 0 bridgehead atoms. The van der Waals surface area contributed by atoms with Gasteiger partial charge >= 0.3 is 0 Å². The largest absolute Gasteiger partial charge is 0.492 e. The molecule has 0 spiro atoms. The minimum atomic E-state index is -3.78. The van der Waals surface area contributed by atoms with E-state index >= 15 is 0 Å². The third-order valence-electron chi connectivity index (χ3n) is 3.73. The maximum absolute atomic E-state index is 12.8. The summed E-state index contributed by atoms with van der Waals surface area (Å²) in [5.41, 5.74) is 1.63. The topological polar surface area (TPSA) is 68.3 Å². The highest BCUT2D eigenvalue weighted by Gasteiger charge is 2.20. The number of hydrogen-bond acceptors (Lipinski definition) is 5. The summed E-state index contributed by atoms with van der Waals surface area (Å²) in [6.45, 7) is 2.20. The molecule has 5 nitrogen and oxygen atoms in total. The summed E-state index contributed by atoms with van der Waals surface area (Å²) in [5.74, 6) is 1.12. The molecule has 0 unspecified atom stereocenters. The molecule has 0 aliphatic rings. The standard InChI is InChI=1S/C20H19BrN2O3S2/c1-2-26-19-10-5-16(21)12-20(19)28(24,25)23-17-6-8-18(9-7-17)27-14-15-4-3-11-22-13-15/h3-13,23H,2,14H2,1H3. The lowest BCUT2D eigenvalue weighted by molar-refractivity contribution is 0.331. The molecule has 1 heterocycles. The number of benzene rings is 2. The summed E-state index contributed by atoms with van der Waals surface area (Å²) in [4.78, 5) is 5.24. The second-order valence-electron chi connectivity index (χ2n) is 5.80. The Labute approximate surface area is 177 Å². The fourth-order valence-electron chi connectivity index (χ4n) is 2.45. The molecular formula is C20H19BrN2O3S2. The van der Waals surface area contributed by atoms with E-state index in [4.69, 9.17) is 4.74 Å². The minimum Gasteiger partial charge on any atom is -0.492 e. The fourth-order valence-corrected chi connectivity index (χ4v) is 5.02. The molecule has 0 amide bonds. The molecule has 0 radical (unpaired) electrons. The second-order valence-corrected chi connectivity index (χ2v) is 9.42. The molecule has 2 aromatic carbocycles. The highest BCUT2D eigenvalue weighted by atomic mass is 79.9. The normalized spacial score (nSPS) is 11.2. The number of rotatable bonds is 8. The van der Waals surface area contributed by atoms with Crippen molar-refractivity contribution in [1.29, 1.82) is 0 Å². The summed E-state index contributed by atoms with van der Waals surface area (Å²) < 4.78 is 34.4. The van der Waals surface area contributed by atoms with E-state index in [0.717, 1.165) is 16.2 Å². The lowest BCUT2D eigenvalue weighted by atomic mass is 10.3. The third kappa shape index (κ3) is 5.50. The van der Waals surface area contributed by atoms with Gasteiger partial charge in [-0.25, -0.2) is 8.42 Å². The van der Waals surface area contributed by atoms with Gasteiger partial charge in [0.15, 0.2) is 0 Å². The number of ether oxygens (including phenoxy) is 1. The Bertz CT molecular complexity index is 1030. The first kappa shape index (κ1) is 20.7. The average Bonchev–Trinajstić information content (AvgIpc) is 2.69. The molecular weight excluding hydrogens is 460 g/mol. The quantitative estimate of drug-likeness (QED) is 0.442. The van der Waals surface area contributed by atoms with E-state index in [-0.39, 0.29) is 4.90 Å². The van der Waals surface area contributed by atoms with Gasteiger partial charge in [-0.3, -0.25) is 9.71 Å². The van der Waals surface area contributed by atoms with Crippen LogP contribution in [0.5, 0.6) is 5.75 Å². The molecule has 0 aliphatic carbocycles. The number of sulfonamides is 1. The lowest BCUT2D eigenvalue weighted by Crippen LogP contribution is -2.14. The minimum absolute atomic E-state index is 0.0961. The summed E-state index contributed by atoms with van der Waals surface area (Å²) in [6.07, 6.45) is 3.58. The monoisotopic (exact) mass is 478 g/mol. The van der Waals surface area contributed by atoms with Crippen molar-refractivity contribution < 1.29 is 13.2 Å². The van der Waals surface area contributed by atoms with Crippen molar-refractivity contribution in [2.45, 2.75) is 22.5 Å². The van der Waals surface area contributed by atoms with Crippen molar-refractivity contribution in [3.8, 4) is 5.75 Å². The summed E-state index contributed by atoms with van der Waals surface area (Å²) >= 11 is 4.98. The predicted molar refractivity (Wildman–Crippen MR) is 116 cm³/mol. The van der Waals surface area contributed by atoms with Gasteiger partial charge in [-0.1, -0.05) is 22.0 Å². The van der Waals surface area contributed by atoms with Crippen molar-refractivity contribution in [2.24, 2.45) is 0 Å². The zero-order valence-corrected chi connectivity index (χ0v) is 18.4. The molecule has 0 saturated carbocycles. The van der Waals surface area contributed by atoms with Crippen LogP contribution in [0.2, 0.25) is 0 Å². The van der Waals surface area contributed by atoms with Crippen LogP contribution in [0.4, 0.5) is 5.69 Å². The zero-order valence-electron chi connectivity index (χ0n) is 15.1. The van der Waals surface area contributed by atoms with Crippen molar-refractivity contribution in [2.75, 3.05) is 11.3 Å². The van der Waals surface area contributed by atoms with Crippen LogP contribution in [-0.2, 0) is 15.8 Å². The first-order valence-electron chi connectivity index (χ1n) is 8.55. The van der Waals surface area contributed by atoms with Crippen LogP contribution < -0.4 is 9.46 Å². The van der Waals surface area contributed by atoms with Gasteiger partial charge < -0.3 is 4.74 Å². The van der Waals surface area contributed by atoms with Gasteiger partial charge in [0.25, 0.3) is 10.0 Å². The van der Waals surface area contributed by atoms with Gasteiger partial charge in [-0.2, -0.15) is 0 Å². The first-order valence-corrected chi connectivity index (χ1v) is 11.8. The van der Waals surface area contributed by atoms with E-state index < -0.39 is 10.0 Å². The molecule has 3 rings (SSSR count). The summed E-state index contributed by atoms with van der Waals surface area (Å²) in [5, 5.41) is 0. The average molecular weight is 479 g/mol. The molecule has 1 aromatic heterocycles. The van der Waals surface area contributed by atoms with E-state index in [2.05, 4.69) is 25.6 Å². The van der Waals surface area contributed by atoms with Gasteiger partial charge in [-0.15, -0.1) is 11.8 Å². The van der Waals surface area contributed by atoms with Crippen LogP contribution in [-0.4, -0.2) is 20.0 Å². The van der Waals surface area contributed by atoms with E-state index in [1.807, 2.05) is 37.4 Å². The molecule has 0 atom stereocenters. The number of pyridine rings is 1. The first-order chi connectivity index (χ1) is 13.5. The smallest absolute Gasteiger partial charge is 0.265 e. The Morgan fingerprint density at radius 2 is 1.93 bits per heavy atom. The molecule has 1 N–H and O–H groups in total. The van der Waals surface area contributed by atoms with E-state index in [1.54, 1.807) is 42.2 Å². The van der Waals surface area contributed by atoms with Crippen LogP contribution in [0.1, 0.15) is 12.5 Å². The summed E-state index contributed by atoms with van der Waals surface area (Å²) in [6, 6.07) is 16.1. The van der Waals surface area contributed by atoms with Crippen LogP contribution >= 0.6 is 27.7 Å². The molecule has 8 heteroatoms. The fraction of sp³-hybridized carbons (Fsp3) is 0.150. The lowest BCUT2D eigenvalue weighted by Gasteiger charge is -2.13. The number of nitrogens with zero attached hydrogens (tertiary/aromatic N) is 1. The SMILES string of the molecule is CCOc1ccc(Br)cc1S(=O)(=O)Nc1ccc(SCc2cccnc2)cc1. The Kier molecular flexibility index (Phi) is 6.98. The summed E-state index contributed by atoms with van der Waals surface area (Å²) in [7, 11) is -3.78. The second kappa shape index (κ2) is 9.45. The van der Waals surface area contributed by atoms with Gasteiger partial charge in [0, 0.05) is 33.2 Å². The van der Waals surface area contributed by atoms with E-state index in [0.29, 0.717) is 22.5 Å². The van der Waals surface area contributed by atoms with Crippen LogP contribution in [0.3, 0.4) is 0 Å². The van der Waals surface area contributed by atoms with Crippen LogP contribution in [0.15, 0.2) is 81.3 Å². The number of hydrogen-bond donors (Lipinski definition) is 1. The number of halogens is 1. The predicted octanol–water partition coefficient (Wildman–Crippen LogP) is 5.34. The molecule has 28 heavy (non-hydrogen) atoms. The number of anilines is 1. The third-order valence-corrected chi connectivity index (χ3v) is 6.71. The molecule has 0 aliphatic heterocycles. The highest BCUT2D eigenvalue weighted by Crippen LogP contribution is 2.30. The zero-order chi connectivity index (χ0) is 20.0. The number of aromatic nitrogens is 1. The molecule has 146 valence electrons. The van der Waals surface area contributed by atoms with E-state index in [1.165, 1.54) is 6.07 Å². The Morgan fingerprint density at radius 3 is 2.61 bits per heavy atom. The Hall–Kier alpha value is -2.03. The van der Waals surface area contributed by atoms with Gasteiger partial charge in [-0.05, 0) is 61.0 Å². The van der Waals surface area contributed by atoms with Crippen molar-refractivity contribution in [3.63, 3.8) is 0 Å². The molecule has 3 aromatic rings. The number of thioether (sulfide) groups is 1. The van der Waals surface area contributed by atoms with Gasteiger partial charge in [0.2, 0.25) is 0 Å². The Morgan fingerprint density at radius 1 is 1.14 bits per heavy atom. The van der Waals surface area contributed by atoms with Crippen LogP contribution in [0.25, 0.3) is 0 Å².